The van der Waals surface area contributed by atoms with Gasteiger partial charge in [0.05, 0.1) is 28.2 Å². The topological polar surface area (TPSA) is 55.4 Å². The molecule has 9 rings (SSSR count). The molecule has 1 atom stereocenters. The van der Waals surface area contributed by atoms with Crippen LogP contribution in [0.3, 0.4) is 0 Å². The molecular formula is C38H28BNO3. The van der Waals surface area contributed by atoms with Crippen LogP contribution in [0.1, 0.15) is 55.5 Å². The minimum absolute atomic E-state index is 0.510. The lowest BCUT2D eigenvalue weighted by atomic mass is 9.68. The summed E-state index contributed by atoms with van der Waals surface area (Å²) < 4.78 is 20.1. The first kappa shape index (κ1) is 24.9. The third-order valence-corrected chi connectivity index (χ3v) is 10.4. The highest BCUT2D eigenvalue weighted by Gasteiger charge is 2.56. The number of rotatable bonds is 1. The Morgan fingerprint density at radius 2 is 1.28 bits per heavy atom. The summed E-state index contributed by atoms with van der Waals surface area (Å²) >= 11 is 0. The number of benzene rings is 5. The summed E-state index contributed by atoms with van der Waals surface area (Å²) in [5.74, 6) is 0. The van der Waals surface area contributed by atoms with E-state index in [9.17, 15) is 5.26 Å². The summed E-state index contributed by atoms with van der Waals surface area (Å²) in [6, 6.07) is 36.5. The molecule has 1 aromatic heterocycles. The molecule has 3 aliphatic rings. The molecule has 0 bridgehead atoms. The molecule has 1 unspecified atom stereocenters. The van der Waals surface area contributed by atoms with Crippen LogP contribution in [-0.4, -0.2) is 18.3 Å². The minimum atomic E-state index is -0.615. The second-order valence-corrected chi connectivity index (χ2v) is 13.0. The molecule has 0 N–H and O–H groups in total. The first-order valence-corrected chi connectivity index (χ1v) is 14.8. The van der Waals surface area contributed by atoms with E-state index in [2.05, 4.69) is 113 Å². The Morgan fingerprint density at radius 1 is 0.651 bits per heavy atom. The van der Waals surface area contributed by atoms with Crippen LogP contribution in [0.25, 0.3) is 44.2 Å². The lowest BCUT2D eigenvalue weighted by Gasteiger charge is -2.32. The largest absolute Gasteiger partial charge is 0.498 e. The number of nitriles is 1. The molecule has 6 aromatic rings. The lowest BCUT2D eigenvalue weighted by Crippen LogP contribution is -2.41. The van der Waals surface area contributed by atoms with Gasteiger partial charge < -0.3 is 13.7 Å². The van der Waals surface area contributed by atoms with E-state index < -0.39 is 23.7 Å². The average Bonchev–Trinajstić information content (AvgIpc) is 3.69. The Kier molecular flexibility index (Phi) is 4.67. The zero-order valence-corrected chi connectivity index (χ0v) is 24.5. The molecular weight excluding hydrogens is 529 g/mol. The molecule has 2 heterocycles. The Bertz CT molecular complexity index is 2220. The molecule has 43 heavy (non-hydrogen) atoms. The van der Waals surface area contributed by atoms with E-state index in [1.165, 1.54) is 33.4 Å². The zero-order chi connectivity index (χ0) is 29.3. The van der Waals surface area contributed by atoms with Gasteiger partial charge in [0.25, 0.3) is 0 Å². The SMILES string of the molecule is CC1(C)OB(c2cc3c(c4c2oc2ccccc24)-c2ccccc2C32c3ccccc3-c3ccc(C#N)cc32)OC1(C)C. The minimum Gasteiger partial charge on any atom is -0.456 e. The van der Waals surface area contributed by atoms with Crippen molar-refractivity contribution >= 4 is 34.5 Å². The number of furan rings is 1. The number of para-hydroxylation sites is 1. The number of hydrogen-bond donors (Lipinski definition) is 0. The van der Waals surface area contributed by atoms with Crippen LogP contribution in [0.4, 0.5) is 0 Å². The van der Waals surface area contributed by atoms with Gasteiger partial charge in [-0.2, -0.15) is 5.26 Å². The van der Waals surface area contributed by atoms with E-state index in [1.54, 1.807) is 0 Å². The molecule has 206 valence electrons. The number of nitrogens with zero attached hydrogens (tertiary/aromatic N) is 1. The molecule has 0 amide bonds. The highest BCUT2D eigenvalue weighted by molar-refractivity contribution is 6.65. The first-order chi connectivity index (χ1) is 20.8. The molecule has 0 radical (unpaired) electrons. The van der Waals surface area contributed by atoms with Crippen LogP contribution in [-0.2, 0) is 14.7 Å². The van der Waals surface area contributed by atoms with Crippen molar-refractivity contribution in [1.29, 1.82) is 5.26 Å². The van der Waals surface area contributed by atoms with Crippen molar-refractivity contribution in [2.75, 3.05) is 0 Å². The third-order valence-electron chi connectivity index (χ3n) is 10.4. The lowest BCUT2D eigenvalue weighted by molar-refractivity contribution is 0.00578. The van der Waals surface area contributed by atoms with Gasteiger partial charge in [-0.25, -0.2) is 0 Å². The van der Waals surface area contributed by atoms with Crippen molar-refractivity contribution < 1.29 is 13.7 Å². The fourth-order valence-electron chi connectivity index (χ4n) is 7.75. The van der Waals surface area contributed by atoms with Crippen molar-refractivity contribution in [3.05, 3.63) is 125 Å². The van der Waals surface area contributed by atoms with Crippen LogP contribution in [0, 0.1) is 11.3 Å². The smallest absolute Gasteiger partial charge is 0.456 e. The molecule has 5 aromatic carbocycles. The van der Waals surface area contributed by atoms with Crippen LogP contribution in [0.15, 0.2) is 101 Å². The average molecular weight is 557 g/mol. The number of fused-ring (bicyclic) bond motifs is 14. The van der Waals surface area contributed by atoms with Crippen molar-refractivity contribution in [3.8, 4) is 28.3 Å². The quantitative estimate of drug-likeness (QED) is 0.192. The van der Waals surface area contributed by atoms with Crippen molar-refractivity contribution in [2.24, 2.45) is 0 Å². The van der Waals surface area contributed by atoms with E-state index in [1.807, 2.05) is 18.2 Å². The fourth-order valence-corrected chi connectivity index (χ4v) is 7.75. The summed E-state index contributed by atoms with van der Waals surface area (Å²) in [6.45, 7) is 8.34. The zero-order valence-electron chi connectivity index (χ0n) is 24.5. The highest BCUT2D eigenvalue weighted by Crippen LogP contribution is 2.64. The van der Waals surface area contributed by atoms with E-state index >= 15 is 0 Å². The highest BCUT2D eigenvalue weighted by atomic mass is 16.7. The maximum Gasteiger partial charge on any atom is 0.498 e. The van der Waals surface area contributed by atoms with Gasteiger partial charge in [-0.1, -0.05) is 78.9 Å². The van der Waals surface area contributed by atoms with Crippen LogP contribution in [0.2, 0.25) is 0 Å². The summed E-state index contributed by atoms with van der Waals surface area (Å²) in [5.41, 5.74) is 11.0. The van der Waals surface area contributed by atoms with Crippen LogP contribution < -0.4 is 5.46 Å². The Balaban J connectivity index is 1.49. The standard InChI is InChI=1S/C38H28BNO3/c1-36(2)37(3,4)43-39(42-36)31-20-30-33(34-26-13-7-10-16-32(26)41-35(31)34)25-12-6-9-15-28(25)38(30)27-14-8-5-11-23(27)24-18-17-22(21-40)19-29(24)38/h5-20H,1-4H3. The van der Waals surface area contributed by atoms with Gasteiger partial charge in [-0.05, 0) is 90.4 Å². The van der Waals surface area contributed by atoms with Crippen LogP contribution >= 0.6 is 0 Å². The Labute approximate surface area is 250 Å². The summed E-state index contributed by atoms with van der Waals surface area (Å²) in [4.78, 5) is 0. The van der Waals surface area contributed by atoms with Gasteiger partial charge in [0.15, 0.2) is 0 Å². The molecule has 2 aliphatic carbocycles. The van der Waals surface area contributed by atoms with E-state index in [-0.39, 0.29) is 0 Å². The third kappa shape index (κ3) is 2.93. The fraction of sp³-hybridized carbons (Fsp3) is 0.184. The Hall–Kier alpha value is -4.63. The molecule has 0 saturated carbocycles. The maximum absolute atomic E-state index is 10.0. The summed E-state index contributed by atoms with van der Waals surface area (Å²) in [6.07, 6.45) is 0. The van der Waals surface area contributed by atoms with Gasteiger partial charge in [0.2, 0.25) is 0 Å². The van der Waals surface area contributed by atoms with Crippen LogP contribution in [0.5, 0.6) is 0 Å². The predicted octanol–water partition coefficient (Wildman–Crippen LogP) is 8.10. The van der Waals surface area contributed by atoms with E-state index in [0.29, 0.717) is 5.56 Å². The monoisotopic (exact) mass is 557 g/mol. The summed E-state index contributed by atoms with van der Waals surface area (Å²) in [7, 11) is -0.610. The molecule has 1 aliphatic heterocycles. The van der Waals surface area contributed by atoms with E-state index in [0.717, 1.165) is 38.5 Å². The summed E-state index contributed by atoms with van der Waals surface area (Å²) in [5, 5.41) is 12.2. The molecule has 1 spiro atoms. The van der Waals surface area contributed by atoms with E-state index in [4.69, 9.17) is 13.7 Å². The maximum atomic E-state index is 10.0. The predicted molar refractivity (Wildman–Crippen MR) is 170 cm³/mol. The van der Waals surface area contributed by atoms with Crippen molar-refractivity contribution in [3.63, 3.8) is 0 Å². The van der Waals surface area contributed by atoms with Gasteiger partial charge in [0.1, 0.15) is 11.2 Å². The van der Waals surface area contributed by atoms with Gasteiger partial charge in [-0.15, -0.1) is 0 Å². The van der Waals surface area contributed by atoms with Gasteiger partial charge >= 0.3 is 7.12 Å². The first-order valence-electron chi connectivity index (χ1n) is 14.8. The normalized spacial score (nSPS) is 20.3. The Morgan fingerprint density at radius 3 is 2.02 bits per heavy atom. The second kappa shape index (κ2) is 8.05. The van der Waals surface area contributed by atoms with Crippen molar-refractivity contribution in [1.82, 2.24) is 0 Å². The molecule has 1 fully saturated rings. The second-order valence-electron chi connectivity index (χ2n) is 13.0. The van der Waals surface area contributed by atoms with Gasteiger partial charge in [0, 0.05) is 16.2 Å². The molecule has 4 nitrogen and oxygen atoms in total. The van der Waals surface area contributed by atoms with Gasteiger partial charge in [-0.3, -0.25) is 0 Å². The number of hydrogen-bond acceptors (Lipinski definition) is 4. The molecule has 1 saturated heterocycles. The van der Waals surface area contributed by atoms with Crippen molar-refractivity contribution in [2.45, 2.75) is 44.3 Å². The molecule has 5 heteroatoms.